The summed E-state index contributed by atoms with van der Waals surface area (Å²) < 4.78 is 26.7. The van der Waals surface area contributed by atoms with E-state index in [2.05, 4.69) is 18.7 Å². The first-order chi connectivity index (χ1) is 13.4. The van der Waals surface area contributed by atoms with Crippen molar-refractivity contribution in [2.75, 3.05) is 19.7 Å². The lowest BCUT2D eigenvalue weighted by molar-refractivity contribution is -0.0274. The predicted molar refractivity (Wildman–Crippen MR) is 115 cm³/mol. The minimum absolute atomic E-state index is 0. The fourth-order valence-corrected chi connectivity index (χ4v) is 5.10. The highest BCUT2D eigenvalue weighted by atomic mass is 35.5. The van der Waals surface area contributed by atoms with Gasteiger partial charge in [-0.15, -0.1) is 12.4 Å². The van der Waals surface area contributed by atoms with E-state index in [-0.39, 0.29) is 35.6 Å². The number of hydrogen-bond acceptors (Lipinski definition) is 4. The van der Waals surface area contributed by atoms with E-state index in [1.807, 2.05) is 0 Å². The van der Waals surface area contributed by atoms with Crippen molar-refractivity contribution in [3.05, 3.63) is 34.1 Å². The van der Waals surface area contributed by atoms with Gasteiger partial charge in [0.1, 0.15) is 5.82 Å². The summed E-state index contributed by atoms with van der Waals surface area (Å²) in [6.07, 6.45) is 6.81. The Morgan fingerprint density at radius 1 is 1.21 bits per heavy atom. The average molecular weight is 427 g/mol. The maximum Gasteiger partial charge on any atom is 0.420 e. The van der Waals surface area contributed by atoms with E-state index in [4.69, 9.17) is 9.15 Å². The summed E-state index contributed by atoms with van der Waals surface area (Å²) >= 11 is 0. The summed E-state index contributed by atoms with van der Waals surface area (Å²) in [6.45, 7) is 8.90. The third-order valence-corrected chi connectivity index (χ3v) is 6.90. The van der Waals surface area contributed by atoms with Gasteiger partial charge in [0, 0.05) is 37.3 Å². The van der Waals surface area contributed by atoms with Crippen LogP contribution in [-0.4, -0.2) is 40.8 Å². The molecule has 7 heteroatoms. The number of ether oxygens (including phenoxy) is 1. The van der Waals surface area contributed by atoms with Crippen LogP contribution in [0.3, 0.4) is 0 Å². The molecule has 29 heavy (non-hydrogen) atoms. The van der Waals surface area contributed by atoms with Crippen molar-refractivity contribution in [2.24, 2.45) is 0 Å². The van der Waals surface area contributed by atoms with Gasteiger partial charge in [0.2, 0.25) is 0 Å². The lowest BCUT2D eigenvalue weighted by Gasteiger charge is -2.48. The fraction of sp³-hybridized carbons (Fsp3) is 0.682. The minimum Gasteiger partial charge on any atom is -0.408 e. The van der Waals surface area contributed by atoms with Gasteiger partial charge in [0.15, 0.2) is 5.58 Å². The molecule has 0 amide bonds. The van der Waals surface area contributed by atoms with Crippen LogP contribution < -0.4 is 5.76 Å². The molecule has 0 spiro atoms. The number of nitrogens with zero attached hydrogens (tertiary/aromatic N) is 2. The van der Waals surface area contributed by atoms with Crippen molar-refractivity contribution in [3.63, 3.8) is 0 Å². The highest BCUT2D eigenvalue weighted by Gasteiger charge is 2.38. The molecule has 4 rings (SSSR count). The van der Waals surface area contributed by atoms with Crippen LogP contribution in [0.25, 0.3) is 11.1 Å². The second-order valence-electron chi connectivity index (χ2n) is 8.68. The van der Waals surface area contributed by atoms with Gasteiger partial charge in [0.25, 0.3) is 0 Å². The number of likely N-dealkylation sites (tertiary alicyclic amines) is 1. The Kier molecular flexibility index (Phi) is 6.76. The minimum atomic E-state index is -0.373. The van der Waals surface area contributed by atoms with Gasteiger partial charge in [-0.3, -0.25) is 9.47 Å². The molecule has 0 unspecified atom stereocenters. The van der Waals surface area contributed by atoms with E-state index in [1.165, 1.54) is 6.07 Å². The quantitative estimate of drug-likeness (QED) is 0.701. The van der Waals surface area contributed by atoms with Crippen molar-refractivity contribution in [3.8, 4) is 0 Å². The molecule has 1 aliphatic carbocycles. The first-order valence-electron chi connectivity index (χ1n) is 10.6. The molecule has 2 fully saturated rings. The van der Waals surface area contributed by atoms with Crippen molar-refractivity contribution in [1.82, 2.24) is 9.47 Å². The molecule has 5 nitrogen and oxygen atoms in total. The van der Waals surface area contributed by atoms with Crippen LogP contribution >= 0.6 is 12.4 Å². The molecule has 0 N–H and O–H groups in total. The molecule has 0 bridgehead atoms. The van der Waals surface area contributed by atoms with E-state index in [1.54, 1.807) is 17.6 Å². The Bertz CT molecular complexity index is 893. The smallest absolute Gasteiger partial charge is 0.408 e. The molecular weight excluding hydrogens is 395 g/mol. The van der Waals surface area contributed by atoms with Gasteiger partial charge in [0.05, 0.1) is 11.6 Å². The highest BCUT2D eigenvalue weighted by Crippen LogP contribution is 2.38. The van der Waals surface area contributed by atoms with Crippen molar-refractivity contribution < 1.29 is 13.5 Å². The van der Waals surface area contributed by atoms with Crippen LogP contribution in [0, 0.1) is 12.7 Å². The van der Waals surface area contributed by atoms with Gasteiger partial charge >= 0.3 is 5.76 Å². The molecule has 1 saturated carbocycles. The van der Waals surface area contributed by atoms with Gasteiger partial charge in [-0.1, -0.05) is 0 Å². The third kappa shape index (κ3) is 4.25. The first-order valence-corrected chi connectivity index (χ1v) is 10.6. The number of halogens is 2. The second-order valence-corrected chi connectivity index (χ2v) is 8.68. The topological polar surface area (TPSA) is 47.6 Å². The summed E-state index contributed by atoms with van der Waals surface area (Å²) in [5.74, 6) is -0.708. The van der Waals surface area contributed by atoms with E-state index >= 15 is 0 Å². The molecule has 162 valence electrons. The lowest BCUT2D eigenvalue weighted by atomic mass is 9.79. The number of fused-ring (bicyclic) bond motifs is 1. The van der Waals surface area contributed by atoms with E-state index in [0.717, 1.165) is 58.2 Å². The highest BCUT2D eigenvalue weighted by molar-refractivity contribution is 5.85. The van der Waals surface area contributed by atoms with Crippen LogP contribution in [0.4, 0.5) is 4.39 Å². The molecule has 1 saturated heterocycles. The average Bonchev–Trinajstić information content (AvgIpc) is 2.99. The van der Waals surface area contributed by atoms with Gasteiger partial charge < -0.3 is 9.15 Å². The number of hydrogen-bond donors (Lipinski definition) is 0. The number of aryl methyl sites for hydroxylation is 1. The summed E-state index contributed by atoms with van der Waals surface area (Å²) in [6, 6.07) is 3.17. The predicted octanol–water partition coefficient (Wildman–Crippen LogP) is 4.84. The molecule has 2 aromatic rings. The van der Waals surface area contributed by atoms with E-state index < -0.39 is 0 Å². The number of piperidine rings is 1. The van der Waals surface area contributed by atoms with Crippen molar-refractivity contribution >= 4 is 23.5 Å². The Morgan fingerprint density at radius 3 is 2.48 bits per heavy atom. The SMILES string of the molecule is CCOC1CCC(C)(N2CCC(n3c(=O)oc4cc(F)c(C)cc43)CC2)CC1.Cl. The third-order valence-electron chi connectivity index (χ3n) is 6.90. The van der Waals surface area contributed by atoms with Gasteiger partial charge in [-0.2, -0.15) is 0 Å². The lowest BCUT2D eigenvalue weighted by Crippen LogP contribution is -2.52. The van der Waals surface area contributed by atoms with E-state index in [9.17, 15) is 9.18 Å². The van der Waals surface area contributed by atoms with E-state index in [0.29, 0.717) is 22.8 Å². The van der Waals surface area contributed by atoms with Crippen LogP contribution in [-0.2, 0) is 4.74 Å². The normalized spacial score (nSPS) is 26.6. The molecule has 1 aromatic carbocycles. The van der Waals surface area contributed by atoms with Gasteiger partial charge in [-0.25, -0.2) is 9.18 Å². The van der Waals surface area contributed by atoms with Crippen molar-refractivity contribution in [2.45, 2.75) is 77.0 Å². The first kappa shape index (κ1) is 22.3. The summed E-state index contributed by atoms with van der Waals surface area (Å²) in [4.78, 5) is 15.1. The number of aromatic nitrogens is 1. The molecule has 0 radical (unpaired) electrons. The van der Waals surface area contributed by atoms with Crippen LogP contribution in [0.2, 0.25) is 0 Å². The molecular formula is C22H32ClFN2O3. The van der Waals surface area contributed by atoms with Crippen LogP contribution in [0.1, 0.15) is 64.0 Å². The largest absolute Gasteiger partial charge is 0.420 e. The number of benzene rings is 1. The number of oxazole rings is 1. The van der Waals surface area contributed by atoms with Crippen LogP contribution in [0.15, 0.2) is 21.3 Å². The second kappa shape index (κ2) is 8.78. The maximum atomic E-state index is 13.8. The molecule has 0 atom stereocenters. The zero-order valence-corrected chi connectivity index (χ0v) is 18.4. The van der Waals surface area contributed by atoms with Crippen LogP contribution in [0.5, 0.6) is 0 Å². The fourth-order valence-electron chi connectivity index (χ4n) is 5.10. The summed E-state index contributed by atoms with van der Waals surface area (Å²) in [5, 5.41) is 0. The number of rotatable bonds is 4. The molecule has 2 aliphatic rings. The standard InChI is InChI=1S/C22H31FN2O3.ClH/c1-4-27-17-5-9-22(3,10-6-17)24-11-7-16(8-12-24)25-19-13-15(2)18(23)14-20(19)28-21(25)26;/h13-14,16-17H,4-12H2,1-3H3;1H. The molecule has 2 heterocycles. The zero-order chi connectivity index (χ0) is 19.9. The monoisotopic (exact) mass is 426 g/mol. The Hall–Kier alpha value is -1.37. The summed E-state index contributed by atoms with van der Waals surface area (Å²) in [5.41, 5.74) is 1.82. The Balaban J connectivity index is 0.00000240. The van der Waals surface area contributed by atoms with Crippen molar-refractivity contribution in [1.29, 1.82) is 0 Å². The Labute approximate surface area is 177 Å². The summed E-state index contributed by atoms with van der Waals surface area (Å²) in [7, 11) is 0. The zero-order valence-electron chi connectivity index (χ0n) is 17.6. The molecule has 1 aromatic heterocycles. The molecule has 1 aliphatic heterocycles. The Morgan fingerprint density at radius 2 is 1.86 bits per heavy atom. The maximum absolute atomic E-state index is 13.8. The van der Waals surface area contributed by atoms with Gasteiger partial charge in [-0.05, 0) is 70.9 Å².